The number of nitrogens with two attached hydrogens (primary N) is 1. The number of unbranched alkanes of at least 4 members (excludes halogenated alkanes) is 1. The summed E-state index contributed by atoms with van der Waals surface area (Å²) in [6.07, 6.45) is 1.30. The highest BCUT2D eigenvalue weighted by Crippen LogP contribution is 2.12. The Hall–Kier alpha value is -0.610. The van der Waals surface area contributed by atoms with Crippen LogP contribution in [0.1, 0.15) is 26.2 Å². The predicted octanol–water partition coefficient (Wildman–Crippen LogP) is 0.197. The molecule has 0 spiro atoms. The van der Waals surface area contributed by atoms with Crippen molar-refractivity contribution in [1.29, 1.82) is 0 Å². The Morgan fingerprint density at radius 1 is 1.50 bits per heavy atom. The van der Waals surface area contributed by atoms with Crippen LogP contribution in [0.5, 0.6) is 0 Å². The normalized spacial score (nSPS) is 15.6. The third-order valence-electron chi connectivity index (χ3n) is 1.87. The number of carboxylic acids is 1. The molecule has 12 heavy (non-hydrogen) atoms. The zero-order chi connectivity index (χ0) is 9.56. The van der Waals surface area contributed by atoms with Gasteiger partial charge in [-0.25, -0.2) is 0 Å². The quantitative estimate of drug-likeness (QED) is 0.503. The maximum atomic E-state index is 10.5. The highest BCUT2D eigenvalue weighted by Gasteiger charge is 2.21. The molecule has 0 aromatic heterocycles. The number of hydrogen-bond donors (Lipinski definition) is 3. The van der Waals surface area contributed by atoms with Crippen LogP contribution in [-0.2, 0) is 4.79 Å². The summed E-state index contributed by atoms with van der Waals surface area (Å²) in [7, 11) is 0. The van der Waals surface area contributed by atoms with E-state index in [-0.39, 0.29) is 0 Å². The van der Waals surface area contributed by atoms with Gasteiger partial charge in [0, 0.05) is 0 Å². The molecule has 0 saturated heterocycles. The third kappa shape index (κ3) is 4.31. The highest BCUT2D eigenvalue weighted by atomic mass is 16.4. The molecule has 72 valence electrons. The zero-order valence-corrected chi connectivity index (χ0v) is 7.36. The second-order valence-corrected chi connectivity index (χ2v) is 2.97. The molecule has 2 atom stereocenters. The average molecular weight is 175 g/mol. The Kier molecular flexibility index (Phi) is 5.66. The topological polar surface area (TPSA) is 83.5 Å². The van der Waals surface area contributed by atoms with E-state index in [1.54, 1.807) is 0 Å². The van der Waals surface area contributed by atoms with Gasteiger partial charge in [0.15, 0.2) is 0 Å². The first-order valence-electron chi connectivity index (χ1n) is 4.20. The lowest BCUT2D eigenvalue weighted by Gasteiger charge is -2.14. The van der Waals surface area contributed by atoms with Crippen LogP contribution in [0.2, 0.25) is 0 Å². The van der Waals surface area contributed by atoms with Crippen LogP contribution in [0.15, 0.2) is 0 Å². The van der Waals surface area contributed by atoms with E-state index in [2.05, 4.69) is 0 Å². The van der Waals surface area contributed by atoms with Crippen molar-refractivity contribution in [2.24, 2.45) is 11.7 Å². The molecule has 0 saturated carbocycles. The van der Waals surface area contributed by atoms with Crippen molar-refractivity contribution in [3.05, 3.63) is 0 Å². The van der Waals surface area contributed by atoms with E-state index < -0.39 is 18.0 Å². The monoisotopic (exact) mass is 175 g/mol. The summed E-state index contributed by atoms with van der Waals surface area (Å²) in [5, 5.41) is 17.7. The molecule has 0 aromatic rings. The molecular weight excluding hydrogens is 158 g/mol. The van der Waals surface area contributed by atoms with Crippen LogP contribution >= 0.6 is 0 Å². The average Bonchev–Trinajstić information content (AvgIpc) is 1.96. The van der Waals surface area contributed by atoms with E-state index in [0.29, 0.717) is 13.0 Å². The lowest BCUT2D eigenvalue weighted by molar-refractivity contribution is -0.145. The molecule has 4 nitrogen and oxygen atoms in total. The molecule has 0 radical (unpaired) electrons. The largest absolute Gasteiger partial charge is 0.481 e. The molecule has 0 rings (SSSR count). The summed E-state index contributed by atoms with van der Waals surface area (Å²) in [5.41, 5.74) is 5.26. The lowest BCUT2D eigenvalue weighted by atomic mass is 9.97. The fraction of sp³-hybridized carbons (Fsp3) is 0.875. The van der Waals surface area contributed by atoms with Crippen molar-refractivity contribution in [3.8, 4) is 0 Å². The van der Waals surface area contributed by atoms with Gasteiger partial charge in [0.1, 0.15) is 0 Å². The lowest BCUT2D eigenvalue weighted by Crippen LogP contribution is -2.25. The van der Waals surface area contributed by atoms with E-state index in [9.17, 15) is 4.79 Å². The van der Waals surface area contributed by atoms with Gasteiger partial charge in [0.25, 0.3) is 0 Å². The van der Waals surface area contributed by atoms with Gasteiger partial charge in [-0.3, -0.25) is 4.79 Å². The zero-order valence-electron chi connectivity index (χ0n) is 7.36. The summed E-state index contributed by atoms with van der Waals surface area (Å²) < 4.78 is 0. The van der Waals surface area contributed by atoms with E-state index in [1.165, 1.54) is 6.92 Å². The minimum absolute atomic E-state index is 0.504. The van der Waals surface area contributed by atoms with Crippen LogP contribution in [0.3, 0.4) is 0 Å². The van der Waals surface area contributed by atoms with Crippen molar-refractivity contribution < 1.29 is 15.0 Å². The van der Waals surface area contributed by atoms with E-state index in [0.717, 1.165) is 12.8 Å². The summed E-state index contributed by atoms with van der Waals surface area (Å²) in [5.74, 6) is -1.57. The van der Waals surface area contributed by atoms with Crippen LogP contribution < -0.4 is 5.73 Å². The fourth-order valence-electron chi connectivity index (χ4n) is 1.08. The summed E-state index contributed by atoms with van der Waals surface area (Å²) in [6.45, 7) is 2.08. The number of aliphatic hydroxyl groups excluding tert-OH is 1. The molecule has 4 N–H and O–H groups in total. The molecule has 0 aromatic carbocycles. The number of carboxylic acid groups (broad SMARTS) is 1. The van der Waals surface area contributed by atoms with Crippen LogP contribution in [0, 0.1) is 5.92 Å². The minimum Gasteiger partial charge on any atom is -0.481 e. The molecule has 0 aliphatic carbocycles. The standard InChI is InChI=1S/C8H17NO3/c1-6(10)7(8(11)12)4-2-3-5-9/h6-7,10H,2-5,9H2,1H3,(H,11,12). The van der Waals surface area contributed by atoms with E-state index >= 15 is 0 Å². The molecular formula is C8H17NO3. The van der Waals surface area contributed by atoms with E-state index in [1.807, 2.05) is 0 Å². The number of aliphatic carboxylic acids is 1. The first-order valence-corrected chi connectivity index (χ1v) is 4.20. The Morgan fingerprint density at radius 2 is 2.08 bits per heavy atom. The summed E-state index contributed by atoms with van der Waals surface area (Å²) in [4.78, 5) is 10.5. The molecule has 2 unspecified atom stereocenters. The second kappa shape index (κ2) is 5.97. The van der Waals surface area contributed by atoms with Crippen LogP contribution in [0.25, 0.3) is 0 Å². The molecule has 0 fully saturated rings. The SMILES string of the molecule is CC(O)C(CCCCN)C(=O)O. The Bertz CT molecular complexity index is 136. The maximum absolute atomic E-state index is 10.5. The first-order chi connectivity index (χ1) is 5.59. The molecule has 0 heterocycles. The number of hydrogen-bond acceptors (Lipinski definition) is 3. The molecule has 0 amide bonds. The van der Waals surface area contributed by atoms with Crippen LogP contribution in [0.4, 0.5) is 0 Å². The summed E-state index contributed by atoms with van der Waals surface area (Å²) in [6, 6.07) is 0. The molecule has 0 aliphatic rings. The van der Waals surface area contributed by atoms with E-state index in [4.69, 9.17) is 15.9 Å². The maximum Gasteiger partial charge on any atom is 0.309 e. The van der Waals surface area contributed by atoms with Gasteiger partial charge < -0.3 is 15.9 Å². The van der Waals surface area contributed by atoms with Crippen LogP contribution in [-0.4, -0.2) is 28.8 Å². The Morgan fingerprint density at radius 3 is 2.42 bits per heavy atom. The smallest absolute Gasteiger partial charge is 0.309 e. The molecule has 0 aliphatic heterocycles. The van der Waals surface area contributed by atoms with Gasteiger partial charge in [0.2, 0.25) is 0 Å². The van der Waals surface area contributed by atoms with Crippen molar-refractivity contribution in [2.75, 3.05) is 6.54 Å². The van der Waals surface area contributed by atoms with Gasteiger partial charge in [-0.05, 0) is 26.3 Å². The first kappa shape index (κ1) is 11.4. The van der Waals surface area contributed by atoms with Crippen molar-refractivity contribution in [3.63, 3.8) is 0 Å². The fourth-order valence-corrected chi connectivity index (χ4v) is 1.08. The van der Waals surface area contributed by atoms with Crippen molar-refractivity contribution >= 4 is 5.97 Å². The molecule has 0 bridgehead atoms. The Balaban J connectivity index is 3.72. The molecule has 4 heteroatoms. The van der Waals surface area contributed by atoms with Gasteiger partial charge in [0.05, 0.1) is 12.0 Å². The Labute approximate surface area is 72.4 Å². The third-order valence-corrected chi connectivity index (χ3v) is 1.87. The van der Waals surface area contributed by atoms with Gasteiger partial charge in [-0.1, -0.05) is 6.42 Å². The van der Waals surface area contributed by atoms with Gasteiger partial charge >= 0.3 is 5.97 Å². The number of rotatable bonds is 6. The van der Waals surface area contributed by atoms with Gasteiger partial charge in [-0.2, -0.15) is 0 Å². The van der Waals surface area contributed by atoms with Crippen molar-refractivity contribution in [2.45, 2.75) is 32.3 Å². The summed E-state index contributed by atoms with van der Waals surface area (Å²) >= 11 is 0. The second-order valence-electron chi connectivity index (χ2n) is 2.97. The number of carbonyl (C=O) groups is 1. The minimum atomic E-state index is -0.929. The van der Waals surface area contributed by atoms with Crippen molar-refractivity contribution in [1.82, 2.24) is 0 Å². The van der Waals surface area contributed by atoms with Gasteiger partial charge in [-0.15, -0.1) is 0 Å². The highest BCUT2D eigenvalue weighted by molar-refractivity contribution is 5.70. The predicted molar refractivity (Wildman–Crippen MR) is 45.7 cm³/mol. The number of aliphatic hydroxyl groups is 1.